The van der Waals surface area contributed by atoms with E-state index in [1.165, 1.54) is 28.2 Å². The number of hydrogen-bond acceptors (Lipinski definition) is 5. The van der Waals surface area contributed by atoms with Crippen molar-refractivity contribution in [3.8, 4) is 11.5 Å². The molecule has 0 saturated carbocycles. The van der Waals surface area contributed by atoms with E-state index in [-0.39, 0.29) is 11.7 Å². The number of rotatable bonds is 6. The van der Waals surface area contributed by atoms with Crippen LogP contribution in [0.15, 0.2) is 52.9 Å². The van der Waals surface area contributed by atoms with Crippen LogP contribution in [-0.2, 0) is 6.54 Å². The molecule has 1 unspecified atom stereocenters. The maximum absolute atomic E-state index is 10.7. The summed E-state index contributed by atoms with van der Waals surface area (Å²) in [6, 6.07) is 14.6. The Kier molecular flexibility index (Phi) is 5.09. The number of aromatic nitrogens is 2. The second-order valence-corrected chi connectivity index (χ2v) is 6.48. The topological polar surface area (TPSA) is 86.5 Å². The molecule has 0 aliphatic carbocycles. The highest BCUT2D eigenvalue weighted by molar-refractivity contribution is 5.55. The first kappa shape index (κ1) is 17.8. The van der Waals surface area contributed by atoms with Gasteiger partial charge in [-0.1, -0.05) is 29.8 Å². The molecule has 0 aliphatic heterocycles. The molecule has 0 saturated heterocycles. The Morgan fingerprint density at radius 1 is 1.12 bits per heavy atom. The molecule has 0 radical (unpaired) electrons. The van der Waals surface area contributed by atoms with Crippen molar-refractivity contribution in [2.45, 2.75) is 26.4 Å². The summed E-state index contributed by atoms with van der Waals surface area (Å²) in [6.07, 6.45) is 0. The second-order valence-electron chi connectivity index (χ2n) is 6.48. The molecule has 7 nitrogen and oxygen atoms in total. The molecule has 0 fully saturated rings. The molecule has 3 aromatic rings. The van der Waals surface area contributed by atoms with Crippen molar-refractivity contribution in [2.24, 2.45) is 0 Å². The van der Waals surface area contributed by atoms with Crippen molar-refractivity contribution in [2.75, 3.05) is 7.05 Å². The molecule has 2 atom stereocenters. The first-order valence-corrected chi connectivity index (χ1v) is 8.40. The summed E-state index contributed by atoms with van der Waals surface area (Å²) in [5.41, 5.74) is 3.18. The first-order valence-electron chi connectivity index (χ1n) is 8.40. The lowest BCUT2D eigenvalue weighted by molar-refractivity contribution is -0.925. The number of quaternary nitrogens is 1. The van der Waals surface area contributed by atoms with Gasteiger partial charge in [0.2, 0.25) is 5.89 Å². The predicted octanol–water partition coefficient (Wildman–Crippen LogP) is 2.73. The number of nitrogens with zero attached hydrogens (tertiary/aromatic N) is 3. The SMILES string of the molecule is Cc1ccc(C[NH+](C)[C@H](C)c2nnc(-c3ccc([N+](=O)[O-])cc3)o2)cc1. The van der Waals surface area contributed by atoms with Gasteiger partial charge in [0.1, 0.15) is 6.54 Å². The maximum atomic E-state index is 10.7. The monoisotopic (exact) mass is 353 g/mol. The molecule has 134 valence electrons. The molecule has 2 aromatic carbocycles. The van der Waals surface area contributed by atoms with E-state index in [2.05, 4.69) is 48.4 Å². The fraction of sp³-hybridized carbons (Fsp3) is 0.263. The van der Waals surface area contributed by atoms with Crippen molar-refractivity contribution < 1.29 is 14.2 Å². The summed E-state index contributed by atoms with van der Waals surface area (Å²) in [7, 11) is 2.08. The van der Waals surface area contributed by atoms with E-state index in [4.69, 9.17) is 4.42 Å². The average Bonchev–Trinajstić information content (AvgIpc) is 3.13. The van der Waals surface area contributed by atoms with Crippen molar-refractivity contribution >= 4 is 5.69 Å². The lowest BCUT2D eigenvalue weighted by Gasteiger charge is -2.18. The second kappa shape index (κ2) is 7.45. The quantitative estimate of drug-likeness (QED) is 0.544. The van der Waals surface area contributed by atoms with Crippen LogP contribution in [0.25, 0.3) is 11.5 Å². The van der Waals surface area contributed by atoms with E-state index >= 15 is 0 Å². The van der Waals surface area contributed by atoms with Crippen molar-refractivity contribution in [3.05, 3.63) is 75.7 Å². The highest BCUT2D eigenvalue weighted by atomic mass is 16.6. The zero-order valence-electron chi connectivity index (χ0n) is 15.0. The molecule has 3 rings (SSSR count). The standard InChI is InChI=1S/C19H20N4O3/c1-13-4-6-15(7-5-13)12-22(3)14(2)18-20-21-19(26-18)16-8-10-17(11-9-16)23(24)25/h4-11,14H,12H2,1-3H3/p+1/t14-/m1/s1. The summed E-state index contributed by atoms with van der Waals surface area (Å²) >= 11 is 0. The van der Waals surface area contributed by atoms with Gasteiger partial charge in [-0.05, 0) is 26.0 Å². The summed E-state index contributed by atoms with van der Waals surface area (Å²) < 4.78 is 5.80. The Morgan fingerprint density at radius 3 is 2.38 bits per heavy atom. The summed E-state index contributed by atoms with van der Waals surface area (Å²) in [6.45, 7) is 4.95. The van der Waals surface area contributed by atoms with Gasteiger partial charge in [-0.2, -0.15) is 0 Å². The predicted molar refractivity (Wildman–Crippen MR) is 96.6 cm³/mol. The zero-order chi connectivity index (χ0) is 18.7. The van der Waals surface area contributed by atoms with Crippen LogP contribution in [0.4, 0.5) is 5.69 Å². The van der Waals surface area contributed by atoms with E-state index < -0.39 is 4.92 Å². The molecule has 0 amide bonds. The number of hydrogen-bond donors (Lipinski definition) is 1. The molecule has 0 spiro atoms. The normalized spacial score (nSPS) is 13.3. The van der Waals surface area contributed by atoms with Crippen LogP contribution in [0.2, 0.25) is 0 Å². The molecule has 7 heteroatoms. The van der Waals surface area contributed by atoms with Crippen LogP contribution in [0.5, 0.6) is 0 Å². The van der Waals surface area contributed by atoms with Gasteiger partial charge in [-0.25, -0.2) is 0 Å². The van der Waals surface area contributed by atoms with E-state index in [0.29, 0.717) is 17.3 Å². The largest absolute Gasteiger partial charge is 0.415 e. The molecule has 0 bridgehead atoms. The Morgan fingerprint density at radius 2 is 1.77 bits per heavy atom. The minimum atomic E-state index is -0.436. The van der Waals surface area contributed by atoms with Crippen LogP contribution < -0.4 is 4.90 Å². The number of aryl methyl sites for hydroxylation is 1. The Bertz CT molecular complexity index is 888. The molecule has 0 aliphatic rings. The van der Waals surface area contributed by atoms with Crippen molar-refractivity contribution in [3.63, 3.8) is 0 Å². The van der Waals surface area contributed by atoms with Crippen LogP contribution in [0.3, 0.4) is 0 Å². The minimum absolute atomic E-state index is 0.0237. The smallest absolute Gasteiger partial charge is 0.274 e. The highest BCUT2D eigenvalue weighted by Crippen LogP contribution is 2.22. The lowest BCUT2D eigenvalue weighted by atomic mass is 10.1. The van der Waals surface area contributed by atoms with Crippen LogP contribution in [0, 0.1) is 17.0 Å². The van der Waals surface area contributed by atoms with Crippen molar-refractivity contribution in [1.82, 2.24) is 10.2 Å². The number of non-ortho nitro benzene ring substituents is 1. The number of nitro benzene ring substituents is 1. The van der Waals surface area contributed by atoms with Gasteiger partial charge >= 0.3 is 0 Å². The molecule has 1 N–H and O–H groups in total. The van der Waals surface area contributed by atoms with Gasteiger partial charge < -0.3 is 9.32 Å². The molecular weight excluding hydrogens is 332 g/mol. The van der Waals surface area contributed by atoms with Crippen molar-refractivity contribution in [1.29, 1.82) is 0 Å². The third kappa shape index (κ3) is 3.94. The van der Waals surface area contributed by atoms with Crippen LogP contribution >= 0.6 is 0 Å². The highest BCUT2D eigenvalue weighted by Gasteiger charge is 2.22. The Balaban J connectivity index is 1.71. The van der Waals surface area contributed by atoms with Gasteiger partial charge in [0.05, 0.1) is 12.0 Å². The summed E-state index contributed by atoms with van der Waals surface area (Å²) in [5, 5.41) is 19.0. The Hall–Kier alpha value is -3.06. The average molecular weight is 353 g/mol. The summed E-state index contributed by atoms with van der Waals surface area (Å²) in [5.74, 6) is 0.910. The third-order valence-electron chi connectivity index (χ3n) is 4.48. The lowest BCUT2D eigenvalue weighted by Crippen LogP contribution is -3.07. The fourth-order valence-corrected chi connectivity index (χ4v) is 2.64. The zero-order valence-corrected chi connectivity index (χ0v) is 15.0. The van der Waals surface area contributed by atoms with Gasteiger partial charge in [-0.15, -0.1) is 10.2 Å². The van der Waals surface area contributed by atoms with Gasteiger partial charge in [0.25, 0.3) is 11.6 Å². The minimum Gasteiger partial charge on any atom is -0.415 e. The van der Waals surface area contributed by atoms with E-state index in [1.54, 1.807) is 12.1 Å². The first-order chi connectivity index (χ1) is 12.4. The number of nitro groups is 1. The van der Waals surface area contributed by atoms with Gasteiger partial charge in [-0.3, -0.25) is 10.1 Å². The maximum Gasteiger partial charge on any atom is 0.274 e. The molecule has 1 heterocycles. The van der Waals surface area contributed by atoms with E-state index in [0.717, 1.165) is 6.54 Å². The molecular formula is C19H21N4O3+. The molecule has 26 heavy (non-hydrogen) atoms. The van der Waals surface area contributed by atoms with E-state index in [9.17, 15) is 10.1 Å². The van der Waals surface area contributed by atoms with Gasteiger partial charge in [0, 0.05) is 23.3 Å². The third-order valence-corrected chi connectivity index (χ3v) is 4.48. The Labute approximate surface area is 151 Å². The van der Waals surface area contributed by atoms with Crippen LogP contribution in [-0.4, -0.2) is 22.2 Å². The molecule has 1 aromatic heterocycles. The summed E-state index contributed by atoms with van der Waals surface area (Å²) in [4.78, 5) is 11.5. The van der Waals surface area contributed by atoms with Crippen LogP contribution in [0.1, 0.15) is 30.0 Å². The van der Waals surface area contributed by atoms with E-state index in [1.807, 2.05) is 6.92 Å². The fourth-order valence-electron chi connectivity index (χ4n) is 2.64. The number of nitrogens with one attached hydrogen (secondary N) is 1. The number of benzene rings is 2. The van der Waals surface area contributed by atoms with Gasteiger partial charge in [0.15, 0.2) is 6.04 Å².